The van der Waals surface area contributed by atoms with E-state index in [1.807, 2.05) is 6.34 Å². The molecule has 3 atom stereocenters. The van der Waals surface area contributed by atoms with E-state index in [2.05, 4.69) is 44.3 Å². The number of nitrogens with zero attached hydrogens (tertiary/aromatic N) is 2. The van der Waals surface area contributed by atoms with Gasteiger partial charge in [0, 0.05) is 19.0 Å². The quantitative estimate of drug-likeness (QED) is 0.517. The van der Waals surface area contributed by atoms with Crippen LogP contribution in [0.4, 0.5) is 0 Å². The Morgan fingerprint density at radius 1 is 1.62 bits per heavy atom. The second-order valence-electron chi connectivity index (χ2n) is 4.75. The Morgan fingerprint density at radius 2 is 2.23 bits per heavy atom. The van der Waals surface area contributed by atoms with Crippen molar-refractivity contribution in [3.05, 3.63) is 12.2 Å². The fourth-order valence-electron chi connectivity index (χ4n) is 2.77. The number of likely N-dealkylation sites (N-methyl/N-ethyl adjacent to an activating group) is 1. The molecule has 1 aliphatic heterocycles. The van der Waals surface area contributed by atoms with Crippen LogP contribution in [-0.2, 0) is 0 Å². The Labute approximate surface area is 80.3 Å². The van der Waals surface area contributed by atoms with Crippen LogP contribution in [0, 0.1) is 11.3 Å². The van der Waals surface area contributed by atoms with Gasteiger partial charge in [-0.3, -0.25) is 4.99 Å². The van der Waals surface area contributed by atoms with Crippen molar-refractivity contribution in [1.29, 1.82) is 0 Å². The first-order valence-electron chi connectivity index (χ1n) is 4.88. The highest BCUT2D eigenvalue weighted by Gasteiger charge is 2.69. The molecule has 2 aliphatic rings. The molecule has 2 rings (SSSR count). The molecule has 1 heterocycles. The zero-order valence-corrected chi connectivity index (χ0v) is 8.96. The van der Waals surface area contributed by atoms with E-state index >= 15 is 0 Å². The predicted molar refractivity (Wildman–Crippen MR) is 55.9 cm³/mol. The maximum absolute atomic E-state index is 4.40. The molecule has 0 saturated heterocycles. The summed E-state index contributed by atoms with van der Waals surface area (Å²) in [7, 11) is 2.10. The van der Waals surface area contributed by atoms with E-state index in [1.54, 1.807) is 0 Å². The minimum atomic E-state index is 0.145. The lowest BCUT2D eigenvalue weighted by molar-refractivity contribution is 0.250. The first-order chi connectivity index (χ1) is 5.95. The molecule has 13 heavy (non-hydrogen) atoms. The van der Waals surface area contributed by atoms with Crippen molar-refractivity contribution in [1.82, 2.24) is 4.90 Å². The van der Waals surface area contributed by atoms with E-state index < -0.39 is 0 Å². The minimum Gasteiger partial charge on any atom is -0.356 e. The molecule has 0 aromatic heterocycles. The Kier molecular flexibility index (Phi) is 1.47. The van der Waals surface area contributed by atoms with Crippen LogP contribution >= 0.6 is 0 Å². The molecule has 1 fully saturated rings. The van der Waals surface area contributed by atoms with Crippen LogP contribution in [0.15, 0.2) is 17.1 Å². The van der Waals surface area contributed by atoms with Crippen LogP contribution in [0.5, 0.6) is 0 Å². The summed E-state index contributed by atoms with van der Waals surface area (Å²) >= 11 is 0. The van der Waals surface area contributed by atoms with E-state index in [-0.39, 0.29) is 11.0 Å². The van der Waals surface area contributed by atoms with Crippen LogP contribution in [0.3, 0.4) is 0 Å². The number of fused-ring (bicyclic) bond motifs is 1. The van der Waals surface area contributed by atoms with Crippen LogP contribution in [0.2, 0.25) is 0 Å². The van der Waals surface area contributed by atoms with Crippen molar-refractivity contribution in [3.8, 4) is 0 Å². The first kappa shape index (κ1) is 8.79. The monoisotopic (exact) mass is 178 g/mol. The summed E-state index contributed by atoms with van der Waals surface area (Å²) in [5.41, 5.74) is 1.77. The van der Waals surface area contributed by atoms with E-state index in [4.69, 9.17) is 0 Å². The molecule has 0 aromatic rings. The third-order valence-corrected chi connectivity index (χ3v) is 4.49. The third-order valence-electron chi connectivity index (χ3n) is 4.49. The van der Waals surface area contributed by atoms with Crippen molar-refractivity contribution >= 4 is 6.34 Å². The third kappa shape index (κ3) is 0.725. The Balaban J connectivity index is 2.44. The molecule has 0 bridgehead atoms. The van der Waals surface area contributed by atoms with Gasteiger partial charge in [0.05, 0.1) is 11.9 Å². The summed E-state index contributed by atoms with van der Waals surface area (Å²) < 4.78 is 0. The summed E-state index contributed by atoms with van der Waals surface area (Å²) in [6, 6.07) is 0. The first-order valence-corrected chi connectivity index (χ1v) is 4.88. The van der Waals surface area contributed by atoms with Gasteiger partial charge < -0.3 is 4.90 Å². The van der Waals surface area contributed by atoms with E-state index in [9.17, 15) is 0 Å². The second kappa shape index (κ2) is 2.17. The highest BCUT2D eigenvalue weighted by atomic mass is 15.3. The lowest BCUT2D eigenvalue weighted by atomic mass is 9.88. The van der Waals surface area contributed by atoms with E-state index in [0.717, 1.165) is 6.54 Å². The summed E-state index contributed by atoms with van der Waals surface area (Å²) in [5.74, 6) is 0.603. The predicted octanol–water partition coefficient (Wildman–Crippen LogP) is 1.93. The highest BCUT2D eigenvalue weighted by molar-refractivity contribution is 5.65. The van der Waals surface area contributed by atoms with Crippen LogP contribution in [0.25, 0.3) is 0 Å². The number of rotatable bonds is 0. The molecule has 1 saturated carbocycles. The lowest BCUT2D eigenvalue weighted by Gasteiger charge is -2.26. The zero-order chi connectivity index (χ0) is 9.85. The van der Waals surface area contributed by atoms with Gasteiger partial charge in [-0.15, -0.1) is 0 Å². The van der Waals surface area contributed by atoms with Crippen molar-refractivity contribution in [3.63, 3.8) is 0 Å². The fourth-order valence-corrected chi connectivity index (χ4v) is 2.77. The number of hydrogen-bond acceptors (Lipinski definition) is 2. The molecule has 0 radical (unpaired) electrons. The average Bonchev–Trinajstić information content (AvgIpc) is 2.56. The van der Waals surface area contributed by atoms with Gasteiger partial charge in [-0.2, -0.15) is 0 Å². The van der Waals surface area contributed by atoms with Crippen molar-refractivity contribution in [2.75, 3.05) is 13.6 Å². The highest BCUT2D eigenvalue weighted by Crippen LogP contribution is 2.67. The number of aliphatic imine (C=N–C) groups is 1. The maximum Gasteiger partial charge on any atom is 0.0854 e. The smallest absolute Gasteiger partial charge is 0.0854 e. The van der Waals surface area contributed by atoms with Crippen LogP contribution in [-0.4, -0.2) is 30.4 Å². The summed E-state index contributed by atoms with van der Waals surface area (Å²) in [5, 5.41) is 0. The van der Waals surface area contributed by atoms with E-state index in [1.165, 1.54) is 5.57 Å². The van der Waals surface area contributed by atoms with Crippen LogP contribution < -0.4 is 0 Å². The molecule has 0 amide bonds. The summed E-state index contributed by atoms with van der Waals surface area (Å²) in [6.45, 7) is 12.0. The molecule has 0 aromatic carbocycles. The van der Waals surface area contributed by atoms with Crippen LogP contribution in [0.1, 0.15) is 20.8 Å². The maximum atomic E-state index is 4.40. The topological polar surface area (TPSA) is 15.6 Å². The molecule has 2 heteroatoms. The van der Waals surface area contributed by atoms with Gasteiger partial charge in [0.25, 0.3) is 0 Å². The van der Waals surface area contributed by atoms with E-state index in [0.29, 0.717) is 5.92 Å². The van der Waals surface area contributed by atoms with Gasteiger partial charge in [0.1, 0.15) is 0 Å². The second-order valence-corrected chi connectivity index (χ2v) is 4.75. The number of hydrogen-bond donors (Lipinski definition) is 0. The van der Waals surface area contributed by atoms with Gasteiger partial charge in [0.15, 0.2) is 0 Å². The zero-order valence-electron chi connectivity index (χ0n) is 8.96. The normalized spacial score (nSPS) is 48.8. The molecule has 3 unspecified atom stereocenters. The molecule has 72 valence electrons. The molecular weight excluding hydrogens is 160 g/mol. The van der Waals surface area contributed by atoms with Gasteiger partial charge in [-0.05, 0) is 18.4 Å². The Morgan fingerprint density at radius 3 is 2.85 bits per heavy atom. The molecule has 0 spiro atoms. The van der Waals surface area contributed by atoms with Gasteiger partial charge in [0.2, 0.25) is 0 Å². The van der Waals surface area contributed by atoms with Gasteiger partial charge in [-0.1, -0.05) is 20.4 Å². The van der Waals surface area contributed by atoms with Gasteiger partial charge in [-0.25, -0.2) is 0 Å². The van der Waals surface area contributed by atoms with Crippen molar-refractivity contribution in [2.45, 2.75) is 26.3 Å². The van der Waals surface area contributed by atoms with Gasteiger partial charge >= 0.3 is 0 Å². The standard InChI is InChI=1S/C11H18N2/c1-8-6-12-7-13(5)11(4)9(2)10(8,11)3/h7-8H,2,6H2,1,3-5H3. The molecule has 2 nitrogen and oxygen atoms in total. The SMILES string of the molecule is C=C1C2(C)C(C)CN=CN(C)C12C. The largest absolute Gasteiger partial charge is 0.356 e. The van der Waals surface area contributed by atoms with Crippen molar-refractivity contribution < 1.29 is 0 Å². The summed E-state index contributed by atoms with van der Waals surface area (Å²) in [4.78, 5) is 6.61. The Hall–Kier alpha value is -0.790. The molecule has 1 aliphatic carbocycles. The minimum absolute atomic E-state index is 0.145. The average molecular weight is 178 g/mol. The Bertz CT molecular complexity index is 294. The summed E-state index contributed by atoms with van der Waals surface area (Å²) in [6.07, 6.45) is 1.96. The fraction of sp³-hybridized carbons (Fsp3) is 0.727. The van der Waals surface area contributed by atoms with Crippen molar-refractivity contribution in [2.24, 2.45) is 16.3 Å². The lowest BCUT2D eigenvalue weighted by Crippen LogP contribution is -2.35. The molecule has 0 N–H and O–H groups in total. The molecular formula is C11H18N2.